The van der Waals surface area contributed by atoms with Crippen LogP contribution in [0.3, 0.4) is 0 Å². The Labute approximate surface area is 78.7 Å². The number of nitrogens with zero attached hydrogens (tertiary/aromatic N) is 2. The Balaban J connectivity index is 2.94. The van der Waals surface area contributed by atoms with Crippen molar-refractivity contribution in [1.29, 1.82) is 0 Å². The van der Waals surface area contributed by atoms with E-state index in [4.69, 9.17) is 10.5 Å². The van der Waals surface area contributed by atoms with Crippen LogP contribution in [-0.4, -0.2) is 15.7 Å². The van der Waals surface area contributed by atoms with E-state index in [1.807, 2.05) is 32.3 Å². The summed E-state index contributed by atoms with van der Waals surface area (Å²) in [6.07, 6.45) is 1.75. The molecule has 1 rings (SSSR count). The first-order valence-electron chi connectivity index (χ1n) is 4.51. The number of nitrogen functional groups attached to an aromatic ring is 1. The summed E-state index contributed by atoms with van der Waals surface area (Å²) in [5.41, 5.74) is 5.74. The summed E-state index contributed by atoms with van der Waals surface area (Å²) in [5.74, 6) is 0.644. The normalized spacial score (nSPS) is 11.2. The van der Waals surface area contributed by atoms with Crippen molar-refractivity contribution in [3.63, 3.8) is 0 Å². The van der Waals surface area contributed by atoms with E-state index in [9.17, 15) is 0 Å². The molecule has 0 unspecified atom stereocenters. The molecule has 13 heavy (non-hydrogen) atoms. The van der Waals surface area contributed by atoms with Gasteiger partial charge in [-0.25, -0.2) is 4.98 Å². The maximum absolute atomic E-state index is 5.74. The zero-order chi connectivity index (χ0) is 10.0. The zero-order valence-electron chi connectivity index (χ0n) is 8.61. The topological polar surface area (TPSA) is 53.1 Å². The molecule has 74 valence electrons. The first kappa shape index (κ1) is 9.89. The van der Waals surface area contributed by atoms with Gasteiger partial charge in [-0.15, -0.1) is 0 Å². The first-order valence-corrected chi connectivity index (χ1v) is 4.51. The molecule has 0 radical (unpaired) electrons. The average Bonchev–Trinajstić information content (AvgIpc) is 2.30. The molecule has 0 aliphatic heterocycles. The Morgan fingerprint density at radius 1 is 1.38 bits per heavy atom. The fourth-order valence-corrected chi connectivity index (χ4v) is 1.17. The van der Waals surface area contributed by atoms with E-state index < -0.39 is 0 Å². The van der Waals surface area contributed by atoms with Gasteiger partial charge in [-0.3, -0.25) is 4.57 Å². The third-order valence-corrected chi connectivity index (χ3v) is 1.65. The van der Waals surface area contributed by atoms with Gasteiger partial charge in [0.1, 0.15) is 5.82 Å². The standard InChI is InChI=1S/C9H17N3O/c1-6(2)12-8(10)5-11-9(12)13-7(3)4/h5-7H,10H2,1-4H3. The average molecular weight is 183 g/mol. The molecule has 0 bridgehead atoms. The van der Waals surface area contributed by atoms with Crippen molar-refractivity contribution < 1.29 is 4.74 Å². The van der Waals surface area contributed by atoms with Crippen LogP contribution in [0.25, 0.3) is 0 Å². The lowest BCUT2D eigenvalue weighted by molar-refractivity contribution is 0.209. The molecule has 1 heterocycles. The lowest BCUT2D eigenvalue weighted by Gasteiger charge is -2.15. The fourth-order valence-electron chi connectivity index (χ4n) is 1.17. The van der Waals surface area contributed by atoms with E-state index in [1.54, 1.807) is 6.20 Å². The van der Waals surface area contributed by atoms with Gasteiger partial charge in [0.15, 0.2) is 0 Å². The van der Waals surface area contributed by atoms with Crippen LogP contribution in [0.5, 0.6) is 6.01 Å². The maximum Gasteiger partial charge on any atom is 0.298 e. The number of hydrogen-bond donors (Lipinski definition) is 1. The minimum Gasteiger partial charge on any atom is -0.462 e. The van der Waals surface area contributed by atoms with Gasteiger partial charge in [-0.2, -0.15) is 0 Å². The molecule has 0 atom stereocenters. The molecule has 1 aromatic heterocycles. The van der Waals surface area contributed by atoms with Crippen molar-refractivity contribution in [2.24, 2.45) is 0 Å². The second kappa shape index (κ2) is 3.68. The highest BCUT2D eigenvalue weighted by Crippen LogP contribution is 2.21. The van der Waals surface area contributed by atoms with Crippen LogP contribution in [-0.2, 0) is 0 Å². The van der Waals surface area contributed by atoms with Crippen molar-refractivity contribution in [3.8, 4) is 6.01 Å². The molecule has 0 fully saturated rings. The van der Waals surface area contributed by atoms with E-state index in [0.717, 1.165) is 0 Å². The van der Waals surface area contributed by atoms with E-state index in [-0.39, 0.29) is 12.1 Å². The minimum absolute atomic E-state index is 0.124. The van der Waals surface area contributed by atoms with Gasteiger partial charge >= 0.3 is 0 Å². The minimum atomic E-state index is 0.124. The highest BCUT2D eigenvalue weighted by Gasteiger charge is 2.12. The van der Waals surface area contributed by atoms with Gasteiger partial charge in [-0.1, -0.05) is 0 Å². The Hall–Kier alpha value is -1.19. The molecule has 0 spiro atoms. The van der Waals surface area contributed by atoms with Gasteiger partial charge < -0.3 is 10.5 Å². The van der Waals surface area contributed by atoms with Gasteiger partial charge in [0.25, 0.3) is 6.01 Å². The summed E-state index contributed by atoms with van der Waals surface area (Å²) in [7, 11) is 0. The van der Waals surface area contributed by atoms with Crippen molar-refractivity contribution in [3.05, 3.63) is 6.20 Å². The van der Waals surface area contributed by atoms with Gasteiger partial charge in [0, 0.05) is 6.04 Å². The molecule has 1 aromatic rings. The molecule has 4 nitrogen and oxygen atoms in total. The van der Waals surface area contributed by atoms with Crippen LogP contribution < -0.4 is 10.5 Å². The summed E-state index contributed by atoms with van der Waals surface area (Å²) in [4.78, 5) is 4.09. The highest BCUT2D eigenvalue weighted by molar-refractivity contribution is 5.31. The monoisotopic (exact) mass is 183 g/mol. The molecule has 0 saturated heterocycles. The number of hydrogen-bond acceptors (Lipinski definition) is 3. The number of ether oxygens (including phenoxy) is 1. The number of imidazole rings is 1. The fraction of sp³-hybridized carbons (Fsp3) is 0.667. The van der Waals surface area contributed by atoms with E-state index in [2.05, 4.69) is 4.98 Å². The van der Waals surface area contributed by atoms with Crippen LogP contribution in [0.1, 0.15) is 33.7 Å². The predicted molar refractivity (Wildman–Crippen MR) is 52.8 cm³/mol. The largest absolute Gasteiger partial charge is 0.462 e. The molecule has 0 amide bonds. The Morgan fingerprint density at radius 3 is 2.46 bits per heavy atom. The van der Waals surface area contributed by atoms with Crippen LogP contribution in [0.2, 0.25) is 0 Å². The molecular weight excluding hydrogens is 166 g/mol. The summed E-state index contributed by atoms with van der Waals surface area (Å²) >= 11 is 0. The van der Waals surface area contributed by atoms with Crippen molar-refractivity contribution in [2.45, 2.75) is 39.8 Å². The molecular formula is C9H17N3O. The Kier molecular flexibility index (Phi) is 2.80. The maximum atomic E-state index is 5.74. The van der Waals surface area contributed by atoms with Crippen LogP contribution in [0.4, 0.5) is 5.82 Å². The molecule has 0 aliphatic rings. The van der Waals surface area contributed by atoms with Crippen LogP contribution in [0, 0.1) is 0 Å². The lowest BCUT2D eigenvalue weighted by Crippen LogP contribution is -2.13. The van der Waals surface area contributed by atoms with Gasteiger partial charge in [-0.05, 0) is 27.7 Å². The molecule has 0 saturated carbocycles. The summed E-state index contributed by atoms with van der Waals surface area (Å²) < 4.78 is 7.37. The summed E-state index contributed by atoms with van der Waals surface area (Å²) in [5, 5.41) is 0. The SMILES string of the molecule is CC(C)Oc1ncc(N)n1C(C)C. The van der Waals surface area contributed by atoms with Gasteiger partial charge in [0.2, 0.25) is 0 Å². The van der Waals surface area contributed by atoms with E-state index in [0.29, 0.717) is 11.8 Å². The predicted octanol–water partition coefficient (Wildman–Crippen LogP) is 1.83. The zero-order valence-corrected chi connectivity index (χ0v) is 8.61. The smallest absolute Gasteiger partial charge is 0.298 e. The molecule has 2 N–H and O–H groups in total. The number of nitrogens with two attached hydrogens (primary N) is 1. The quantitative estimate of drug-likeness (QED) is 0.777. The van der Waals surface area contributed by atoms with Crippen molar-refractivity contribution in [2.75, 3.05) is 5.73 Å². The van der Waals surface area contributed by atoms with Gasteiger partial charge in [0.05, 0.1) is 12.3 Å². The third-order valence-electron chi connectivity index (χ3n) is 1.65. The Bertz CT molecular complexity index is 278. The molecule has 0 aliphatic carbocycles. The number of aromatic nitrogens is 2. The lowest BCUT2D eigenvalue weighted by atomic mass is 10.4. The van der Waals surface area contributed by atoms with Crippen molar-refractivity contribution >= 4 is 5.82 Å². The van der Waals surface area contributed by atoms with Crippen LogP contribution in [0.15, 0.2) is 6.20 Å². The first-order chi connectivity index (χ1) is 6.02. The molecule has 0 aromatic carbocycles. The summed E-state index contributed by atoms with van der Waals surface area (Å²) in [6.45, 7) is 8.03. The second-order valence-corrected chi connectivity index (χ2v) is 3.60. The van der Waals surface area contributed by atoms with Crippen molar-refractivity contribution in [1.82, 2.24) is 9.55 Å². The van der Waals surface area contributed by atoms with E-state index >= 15 is 0 Å². The second-order valence-electron chi connectivity index (χ2n) is 3.60. The number of rotatable bonds is 3. The number of anilines is 1. The van der Waals surface area contributed by atoms with E-state index in [1.165, 1.54) is 0 Å². The highest BCUT2D eigenvalue weighted by atomic mass is 16.5. The summed E-state index contributed by atoms with van der Waals surface area (Å²) in [6, 6.07) is 0.874. The van der Waals surface area contributed by atoms with Crippen LogP contribution >= 0.6 is 0 Å². The Morgan fingerprint density at radius 2 is 2.00 bits per heavy atom. The molecule has 4 heteroatoms. The third kappa shape index (κ3) is 2.14.